The largest absolute Gasteiger partial charge is 0.465 e. The van der Waals surface area contributed by atoms with E-state index in [2.05, 4.69) is 10.3 Å². The van der Waals surface area contributed by atoms with Gasteiger partial charge in [0.25, 0.3) is 0 Å². The van der Waals surface area contributed by atoms with Gasteiger partial charge in [-0.1, -0.05) is 6.07 Å². The number of unbranched alkanes of at least 4 members (excludes halogenated alkanes) is 1. The number of alkyl halides is 1. The first-order valence-electron chi connectivity index (χ1n) is 8.44. The Bertz CT molecular complexity index is 542. The minimum absolute atomic E-state index is 0.117. The fourth-order valence-electron chi connectivity index (χ4n) is 2.86. The Balaban J connectivity index is 1.76. The van der Waals surface area contributed by atoms with E-state index in [0.717, 1.165) is 49.9 Å². The summed E-state index contributed by atoms with van der Waals surface area (Å²) >= 11 is 0. The number of methoxy groups -OCH3 is 1. The Morgan fingerprint density at radius 3 is 3.08 bits per heavy atom. The molecule has 7 heteroatoms. The number of rotatable bonds is 9. The van der Waals surface area contributed by atoms with E-state index in [1.165, 1.54) is 12.0 Å². The van der Waals surface area contributed by atoms with Crippen LogP contribution in [-0.2, 0) is 17.6 Å². The van der Waals surface area contributed by atoms with Gasteiger partial charge >= 0.3 is 6.09 Å². The Morgan fingerprint density at radius 1 is 1.50 bits per heavy atom. The maximum Gasteiger partial charge on any atom is 0.413 e. The van der Waals surface area contributed by atoms with Gasteiger partial charge in [0, 0.05) is 25.9 Å². The second-order valence-electron chi connectivity index (χ2n) is 6.04. The number of pyridine rings is 1. The predicted molar refractivity (Wildman–Crippen MR) is 90.5 cm³/mol. The topological polar surface area (TPSA) is 74.7 Å². The molecule has 2 heterocycles. The number of hydrogen-bond acceptors (Lipinski definition) is 4. The van der Waals surface area contributed by atoms with Crippen LogP contribution in [0.15, 0.2) is 12.1 Å². The van der Waals surface area contributed by atoms with Gasteiger partial charge in [-0.3, -0.25) is 4.90 Å². The number of fused-ring (bicyclic) bond motifs is 1. The van der Waals surface area contributed by atoms with E-state index in [1.54, 1.807) is 0 Å². The maximum atomic E-state index is 13.2. The summed E-state index contributed by atoms with van der Waals surface area (Å²) in [6.45, 7) is 1.68. The molecule has 0 saturated heterocycles. The highest BCUT2D eigenvalue weighted by molar-refractivity contribution is 5.86. The van der Waals surface area contributed by atoms with Gasteiger partial charge in [0.1, 0.15) is 12.0 Å². The molecule has 0 bridgehead atoms. The van der Waals surface area contributed by atoms with Crippen molar-refractivity contribution in [2.45, 2.75) is 38.3 Å². The molecule has 2 rings (SSSR count). The van der Waals surface area contributed by atoms with E-state index in [-0.39, 0.29) is 6.61 Å². The quantitative estimate of drug-likeness (QED) is 0.676. The average molecular weight is 339 g/mol. The molecule has 1 aromatic heterocycles. The third-order valence-electron chi connectivity index (χ3n) is 4.08. The van der Waals surface area contributed by atoms with Crippen LogP contribution in [0.4, 0.5) is 15.0 Å². The third kappa shape index (κ3) is 5.42. The van der Waals surface area contributed by atoms with Crippen LogP contribution in [0.1, 0.15) is 30.5 Å². The van der Waals surface area contributed by atoms with Crippen molar-refractivity contribution in [3.63, 3.8) is 0 Å². The smallest absolute Gasteiger partial charge is 0.413 e. The van der Waals surface area contributed by atoms with Gasteiger partial charge in [-0.05, 0) is 50.3 Å². The number of aromatic nitrogens is 1. The second kappa shape index (κ2) is 9.54. The van der Waals surface area contributed by atoms with Gasteiger partial charge in [-0.15, -0.1) is 0 Å². The van der Waals surface area contributed by atoms with Crippen LogP contribution in [-0.4, -0.2) is 55.7 Å². The zero-order valence-corrected chi connectivity index (χ0v) is 14.1. The van der Waals surface area contributed by atoms with E-state index >= 15 is 0 Å². The number of ether oxygens (including phenoxy) is 1. The number of halogens is 1. The molecule has 1 unspecified atom stereocenters. The van der Waals surface area contributed by atoms with E-state index in [9.17, 15) is 14.3 Å². The molecular weight excluding hydrogens is 313 g/mol. The second-order valence-corrected chi connectivity index (χ2v) is 6.04. The molecule has 0 fully saturated rings. The van der Waals surface area contributed by atoms with Crippen molar-refractivity contribution in [3.8, 4) is 0 Å². The molecular formula is C17H26FN3O3. The Kier molecular flexibility index (Phi) is 7.39. The molecule has 2 N–H and O–H groups in total. The van der Waals surface area contributed by atoms with E-state index in [1.807, 2.05) is 12.1 Å². The predicted octanol–water partition coefficient (Wildman–Crippen LogP) is 2.41. The van der Waals surface area contributed by atoms with Gasteiger partial charge in [-0.2, -0.15) is 0 Å². The molecule has 1 aliphatic heterocycles. The highest BCUT2D eigenvalue weighted by atomic mass is 19.1. The number of amides is 1. The molecule has 1 atom stereocenters. The maximum absolute atomic E-state index is 13.2. The van der Waals surface area contributed by atoms with Crippen molar-refractivity contribution in [3.05, 3.63) is 23.4 Å². The number of nitrogens with one attached hydrogen (secondary N) is 1. The summed E-state index contributed by atoms with van der Waals surface area (Å²) in [6.07, 6.45) is 2.43. The van der Waals surface area contributed by atoms with E-state index < -0.39 is 12.3 Å². The normalized spacial score (nSPS) is 15.2. The summed E-state index contributed by atoms with van der Waals surface area (Å²) in [5.41, 5.74) is 1.91. The van der Waals surface area contributed by atoms with Crippen molar-refractivity contribution in [1.29, 1.82) is 0 Å². The number of carbonyl (C=O) groups is 1. The molecule has 0 spiro atoms. The van der Waals surface area contributed by atoms with Crippen molar-refractivity contribution < 1.29 is 19.0 Å². The lowest BCUT2D eigenvalue weighted by molar-refractivity contribution is 0.123. The Labute approximate surface area is 142 Å². The SMILES string of the molecule is COCC(F)CNCCCCc1ccc2c(n1)N(C(=O)O)CCC2. The zero-order valence-electron chi connectivity index (χ0n) is 14.1. The van der Waals surface area contributed by atoms with Gasteiger partial charge in [0.2, 0.25) is 0 Å². The van der Waals surface area contributed by atoms with Crippen LogP contribution in [0.5, 0.6) is 0 Å². The van der Waals surface area contributed by atoms with Gasteiger partial charge < -0.3 is 15.2 Å². The number of anilines is 1. The van der Waals surface area contributed by atoms with Crippen molar-refractivity contribution in [2.75, 3.05) is 38.3 Å². The highest BCUT2D eigenvalue weighted by Crippen LogP contribution is 2.25. The first-order chi connectivity index (χ1) is 11.6. The Morgan fingerprint density at radius 2 is 2.33 bits per heavy atom. The van der Waals surface area contributed by atoms with Crippen molar-refractivity contribution in [1.82, 2.24) is 10.3 Å². The van der Waals surface area contributed by atoms with Crippen LogP contribution in [0.3, 0.4) is 0 Å². The lowest BCUT2D eigenvalue weighted by Gasteiger charge is -2.26. The summed E-state index contributed by atoms with van der Waals surface area (Å²) in [5, 5.41) is 12.3. The lowest BCUT2D eigenvalue weighted by atomic mass is 10.0. The fourth-order valence-corrected chi connectivity index (χ4v) is 2.86. The van der Waals surface area contributed by atoms with Crippen LogP contribution < -0.4 is 10.2 Å². The monoisotopic (exact) mass is 339 g/mol. The molecule has 0 saturated carbocycles. The number of hydrogen-bond donors (Lipinski definition) is 2. The van der Waals surface area contributed by atoms with Crippen LogP contribution >= 0.6 is 0 Å². The molecule has 1 aliphatic rings. The minimum Gasteiger partial charge on any atom is -0.465 e. The van der Waals surface area contributed by atoms with Gasteiger partial charge in [0.05, 0.1) is 6.61 Å². The molecule has 6 nitrogen and oxygen atoms in total. The molecule has 1 amide bonds. The number of aryl methyl sites for hydroxylation is 2. The molecule has 24 heavy (non-hydrogen) atoms. The van der Waals surface area contributed by atoms with Crippen LogP contribution in [0.2, 0.25) is 0 Å². The van der Waals surface area contributed by atoms with E-state index in [0.29, 0.717) is 18.9 Å². The van der Waals surface area contributed by atoms with Crippen molar-refractivity contribution >= 4 is 11.9 Å². The third-order valence-corrected chi connectivity index (χ3v) is 4.08. The van der Waals surface area contributed by atoms with Gasteiger partial charge in [-0.25, -0.2) is 14.2 Å². The van der Waals surface area contributed by atoms with Gasteiger partial charge in [0.15, 0.2) is 0 Å². The molecule has 134 valence electrons. The average Bonchev–Trinajstić information content (AvgIpc) is 2.57. The summed E-state index contributed by atoms with van der Waals surface area (Å²) < 4.78 is 17.9. The number of carboxylic acid groups (broad SMARTS) is 1. The van der Waals surface area contributed by atoms with E-state index in [4.69, 9.17) is 4.74 Å². The Hall–Kier alpha value is -1.73. The van der Waals surface area contributed by atoms with Crippen LogP contribution in [0.25, 0.3) is 0 Å². The summed E-state index contributed by atoms with van der Waals surface area (Å²) in [4.78, 5) is 17.2. The molecule has 0 aliphatic carbocycles. The first-order valence-corrected chi connectivity index (χ1v) is 8.44. The minimum atomic E-state index is -0.973. The summed E-state index contributed by atoms with van der Waals surface area (Å²) in [7, 11) is 1.49. The lowest BCUT2D eigenvalue weighted by Crippen LogP contribution is -2.35. The standard InChI is InChI=1S/C17H26FN3O3/c1-24-12-14(18)11-19-9-3-2-6-15-8-7-13-5-4-10-21(17(22)23)16(13)20-15/h7-8,14,19H,2-6,9-12H2,1H3,(H,22,23). The summed E-state index contributed by atoms with van der Waals surface area (Å²) in [5.74, 6) is 0.587. The highest BCUT2D eigenvalue weighted by Gasteiger charge is 2.23. The fraction of sp³-hybridized carbons (Fsp3) is 0.647. The molecule has 0 aromatic carbocycles. The molecule has 0 radical (unpaired) electrons. The number of nitrogens with zero attached hydrogens (tertiary/aromatic N) is 2. The zero-order chi connectivity index (χ0) is 17.4. The van der Waals surface area contributed by atoms with Crippen LogP contribution in [0, 0.1) is 0 Å². The molecule has 1 aromatic rings. The summed E-state index contributed by atoms with van der Waals surface area (Å²) in [6, 6.07) is 3.97. The van der Waals surface area contributed by atoms with Crippen molar-refractivity contribution in [2.24, 2.45) is 0 Å². The first kappa shape index (κ1) is 18.6.